The summed E-state index contributed by atoms with van der Waals surface area (Å²) in [7, 11) is 0. The lowest BCUT2D eigenvalue weighted by Crippen LogP contribution is -2.15. The number of hydrogen-bond donors (Lipinski definition) is 0. The Balaban J connectivity index is 1.41. The van der Waals surface area contributed by atoms with Gasteiger partial charge in [-0.05, 0) is 66.5 Å². The molecule has 1 aromatic rings. The van der Waals surface area contributed by atoms with Crippen molar-refractivity contribution in [1.29, 1.82) is 0 Å². The standard InChI is InChI=1S/C17H19ClO2/c18-17(16-14-9-1-2-10(7-9)15(14)16)11-3-4-12-13(8-11)20-6-5-19-12/h3-4,8-10,14-17H,1-2,5-7H2. The molecule has 0 aromatic heterocycles. The van der Waals surface area contributed by atoms with Crippen LogP contribution >= 0.6 is 11.6 Å². The van der Waals surface area contributed by atoms with Crippen LogP contribution in [0.1, 0.15) is 30.2 Å². The van der Waals surface area contributed by atoms with Gasteiger partial charge in [0.15, 0.2) is 11.5 Å². The lowest BCUT2D eigenvalue weighted by atomic mass is 9.96. The van der Waals surface area contributed by atoms with Crippen molar-refractivity contribution in [3.8, 4) is 11.5 Å². The maximum absolute atomic E-state index is 6.81. The normalized spacial score (nSPS) is 41.4. The fourth-order valence-corrected chi connectivity index (χ4v) is 5.71. The molecule has 1 heterocycles. The third-order valence-electron chi connectivity index (χ3n) is 6.02. The van der Waals surface area contributed by atoms with Crippen molar-refractivity contribution in [2.24, 2.45) is 29.6 Å². The van der Waals surface area contributed by atoms with Crippen LogP contribution in [0.15, 0.2) is 18.2 Å². The molecule has 3 heteroatoms. The Morgan fingerprint density at radius 2 is 1.70 bits per heavy atom. The smallest absolute Gasteiger partial charge is 0.161 e. The molecule has 0 spiro atoms. The van der Waals surface area contributed by atoms with Crippen molar-refractivity contribution in [2.45, 2.75) is 24.6 Å². The third kappa shape index (κ3) is 1.52. The SMILES string of the molecule is ClC(c1ccc2c(c1)OCCO2)C1C2C3CCC(C3)C21. The third-order valence-corrected chi connectivity index (χ3v) is 6.56. The number of benzene rings is 1. The zero-order valence-electron chi connectivity index (χ0n) is 11.4. The van der Waals surface area contributed by atoms with Gasteiger partial charge in [-0.25, -0.2) is 0 Å². The summed E-state index contributed by atoms with van der Waals surface area (Å²) < 4.78 is 11.3. The first-order chi connectivity index (χ1) is 9.83. The van der Waals surface area contributed by atoms with Gasteiger partial charge < -0.3 is 9.47 Å². The summed E-state index contributed by atoms with van der Waals surface area (Å²) >= 11 is 6.81. The molecule has 0 saturated heterocycles. The van der Waals surface area contributed by atoms with Crippen LogP contribution in [0, 0.1) is 29.6 Å². The minimum Gasteiger partial charge on any atom is -0.486 e. The monoisotopic (exact) mass is 290 g/mol. The molecular formula is C17H19ClO2. The van der Waals surface area contributed by atoms with Gasteiger partial charge in [-0.1, -0.05) is 6.07 Å². The molecule has 2 nitrogen and oxygen atoms in total. The van der Waals surface area contributed by atoms with Crippen LogP contribution in [0.2, 0.25) is 0 Å². The van der Waals surface area contributed by atoms with Crippen LogP contribution in [0.4, 0.5) is 0 Å². The molecule has 2 bridgehead atoms. The number of halogens is 1. The average molecular weight is 291 g/mol. The second-order valence-electron chi connectivity index (χ2n) is 6.87. The lowest BCUT2D eigenvalue weighted by molar-refractivity contribution is 0.171. The van der Waals surface area contributed by atoms with Gasteiger partial charge in [0.1, 0.15) is 13.2 Å². The summed E-state index contributed by atoms with van der Waals surface area (Å²) in [4.78, 5) is 0. The molecule has 0 amide bonds. The van der Waals surface area contributed by atoms with E-state index in [1.807, 2.05) is 6.07 Å². The summed E-state index contributed by atoms with van der Waals surface area (Å²) in [6.45, 7) is 1.29. The van der Waals surface area contributed by atoms with Gasteiger partial charge in [0, 0.05) is 0 Å². The Labute approximate surface area is 124 Å². The van der Waals surface area contributed by atoms with Crippen molar-refractivity contribution in [1.82, 2.24) is 0 Å². The van der Waals surface area contributed by atoms with E-state index in [2.05, 4.69) is 12.1 Å². The van der Waals surface area contributed by atoms with Gasteiger partial charge in [-0.15, -0.1) is 11.6 Å². The number of hydrogen-bond acceptors (Lipinski definition) is 2. The van der Waals surface area contributed by atoms with Gasteiger partial charge in [-0.2, -0.15) is 0 Å². The summed E-state index contributed by atoms with van der Waals surface area (Å²) in [5, 5.41) is 0.157. The maximum atomic E-state index is 6.81. The zero-order valence-corrected chi connectivity index (χ0v) is 12.2. The number of ether oxygens (including phenoxy) is 2. The Kier molecular flexibility index (Phi) is 2.39. The minimum atomic E-state index is 0.157. The largest absolute Gasteiger partial charge is 0.486 e. The van der Waals surface area contributed by atoms with E-state index in [-0.39, 0.29) is 5.38 Å². The van der Waals surface area contributed by atoms with Crippen LogP contribution in [-0.2, 0) is 0 Å². The first-order valence-electron chi connectivity index (χ1n) is 7.86. The van der Waals surface area contributed by atoms with E-state index in [1.165, 1.54) is 24.8 Å². The molecular weight excluding hydrogens is 272 g/mol. The van der Waals surface area contributed by atoms with E-state index >= 15 is 0 Å². The van der Waals surface area contributed by atoms with E-state index in [0.717, 1.165) is 35.2 Å². The van der Waals surface area contributed by atoms with Gasteiger partial charge in [0.05, 0.1) is 5.38 Å². The van der Waals surface area contributed by atoms with E-state index < -0.39 is 0 Å². The predicted octanol–water partition coefficient (Wildman–Crippen LogP) is 4.03. The summed E-state index contributed by atoms with van der Waals surface area (Å²) in [5.41, 5.74) is 1.22. The van der Waals surface area contributed by atoms with Gasteiger partial charge in [0.25, 0.3) is 0 Å². The molecule has 5 unspecified atom stereocenters. The lowest BCUT2D eigenvalue weighted by Gasteiger charge is -2.21. The fraction of sp³-hybridized carbons (Fsp3) is 0.647. The quantitative estimate of drug-likeness (QED) is 0.766. The van der Waals surface area contributed by atoms with Gasteiger partial charge >= 0.3 is 0 Å². The van der Waals surface area contributed by atoms with Crippen LogP contribution in [0.25, 0.3) is 0 Å². The van der Waals surface area contributed by atoms with Crippen molar-refractivity contribution in [2.75, 3.05) is 13.2 Å². The molecule has 0 radical (unpaired) electrons. The predicted molar refractivity (Wildman–Crippen MR) is 77.3 cm³/mol. The number of fused-ring (bicyclic) bond motifs is 6. The topological polar surface area (TPSA) is 18.5 Å². The highest BCUT2D eigenvalue weighted by atomic mass is 35.5. The molecule has 1 aliphatic heterocycles. The fourth-order valence-electron chi connectivity index (χ4n) is 5.24. The molecule has 3 aliphatic carbocycles. The van der Waals surface area contributed by atoms with E-state index in [4.69, 9.17) is 21.1 Å². The first kappa shape index (κ1) is 11.7. The van der Waals surface area contributed by atoms with Crippen molar-refractivity contribution < 1.29 is 9.47 Å². The zero-order chi connectivity index (χ0) is 13.3. The molecule has 5 atom stereocenters. The molecule has 5 rings (SSSR count). The Hall–Kier alpha value is -0.890. The maximum Gasteiger partial charge on any atom is 0.161 e. The molecule has 4 aliphatic rings. The molecule has 3 fully saturated rings. The van der Waals surface area contributed by atoms with Crippen LogP contribution in [-0.4, -0.2) is 13.2 Å². The Morgan fingerprint density at radius 1 is 1.00 bits per heavy atom. The molecule has 3 saturated carbocycles. The number of rotatable bonds is 2. The van der Waals surface area contributed by atoms with Crippen LogP contribution in [0.3, 0.4) is 0 Å². The molecule has 20 heavy (non-hydrogen) atoms. The Morgan fingerprint density at radius 3 is 2.45 bits per heavy atom. The molecule has 106 valence electrons. The summed E-state index contributed by atoms with van der Waals surface area (Å²) in [6, 6.07) is 6.25. The first-order valence-corrected chi connectivity index (χ1v) is 8.30. The number of alkyl halides is 1. The van der Waals surface area contributed by atoms with Crippen molar-refractivity contribution in [3.63, 3.8) is 0 Å². The van der Waals surface area contributed by atoms with Crippen molar-refractivity contribution in [3.05, 3.63) is 23.8 Å². The second kappa shape index (κ2) is 4.07. The molecule has 0 N–H and O–H groups in total. The summed E-state index contributed by atoms with van der Waals surface area (Å²) in [6.07, 6.45) is 4.39. The van der Waals surface area contributed by atoms with Crippen LogP contribution in [0.5, 0.6) is 11.5 Å². The van der Waals surface area contributed by atoms with Crippen molar-refractivity contribution >= 4 is 11.6 Å². The highest BCUT2D eigenvalue weighted by Crippen LogP contribution is 2.73. The van der Waals surface area contributed by atoms with Gasteiger partial charge in [-0.3, -0.25) is 0 Å². The van der Waals surface area contributed by atoms with E-state index in [9.17, 15) is 0 Å². The Bertz CT molecular complexity index is 542. The minimum absolute atomic E-state index is 0.157. The van der Waals surface area contributed by atoms with Gasteiger partial charge in [0.2, 0.25) is 0 Å². The average Bonchev–Trinajstić information content (AvgIpc) is 2.93. The highest BCUT2D eigenvalue weighted by molar-refractivity contribution is 6.21. The van der Waals surface area contributed by atoms with E-state index in [1.54, 1.807) is 0 Å². The summed E-state index contributed by atoms with van der Waals surface area (Å²) in [5.74, 6) is 6.24. The second-order valence-corrected chi connectivity index (χ2v) is 7.34. The highest BCUT2D eigenvalue weighted by Gasteiger charge is 2.66. The molecule has 1 aromatic carbocycles. The van der Waals surface area contributed by atoms with E-state index in [0.29, 0.717) is 19.1 Å². The van der Waals surface area contributed by atoms with Crippen LogP contribution < -0.4 is 9.47 Å².